The van der Waals surface area contributed by atoms with Crippen molar-refractivity contribution in [2.24, 2.45) is 0 Å². The van der Waals surface area contributed by atoms with Gasteiger partial charge in [-0.1, -0.05) is 48.5 Å². The quantitative estimate of drug-likeness (QED) is 0.918. The summed E-state index contributed by atoms with van der Waals surface area (Å²) < 4.78 is 0. The van der Waals surface area contributed by atoms with E-state index in [1.54, 1.807) is 12.1 Å². The highest BCUT2D eigenvalue weighted by atomic mass is 16.2. The summed E-state index contributed by atoms with van der Waals surface area (Å²) in [7, 11) is 0. The normalized spacial score (nSPS) is 19.0. The Bertz CT molecular complexity index is 640. The van der Waals surface area contributed by atoms with Crippen LogP contribution in [0.25, 0.3) is 0 Å². The minimum atomic E-state index is -0.363. The molecule has 0 aromatic heterocycles. The Morgan fingerprint density at radius 1 is 0.905 bits per heavy atom. The zero-order valence-electron chi connectivity index (χ0n) is 11.5. The first kappa shape index (κ1) is 13.4. The van der Waals surface area contributed by atoms with E-state index < -0.39 is 0 Å². The summed E-state index contributed by atoms with van der Waals surface area (Å²) in [4.78, 5) is 25.9. The first-order valence-corrected chi connectivity index (χ1v) is 6.99. The molecule has 21 heavy (non-hydrogen) atoms. The van der Waals surface area contributed by atoms with Crippen LogP contribution in [0.3, 0.4) is 0 Å². The van der Waals surface area contributed by atoms with Gasteiger partial charge in [0, 0.05) is 6.42 Å². The van der Waals surface area contributed by atoms with Crippen molar-refractivity contribution in [3.63, 3.8) is 0 Å². The van der Waals surface area contributed by atoms with Crippen LogP contribution in [0, 0.1) is 0 Å². The van der Waals surface area contributed by atoms with Crippen LogP contribution in [0.4, 0.5) is 10.5 Å². The van der Waals surface area contributed by atoms with Crippen LogP contribution < -0.4 is 10.2 Å². The van der Waals surface area contributed by atoms with Crippen molar-refractivity contribution < 1.29 is 9.59 Å². The predicted molar refractivity (Wildman–Crippen MR) is 80.9 cm³/mol. The van der Waals surface area contributed by atoms with E-state index >= 15 is 0 Å². The number of imide groups is 1. The summed E-state index contributed by atoms with van der Waals surface area (Å²) in [5.74, 6) is -0.169. The first-order valence-electron chi connectivity index (χ1n) is 6.99. The number of para-hydroxylation sites is 1. The Balaban J connectivity index is 1.87. The van der Waals surface area contributed by atoms with Gasteiger partial charge in [0.1, 0.15) is 0 Å². The largest absolute Gasteiger partial charge is 0.330 e. The number of anilines is 1. The first-order chi connectivity index (χ1) is 10.3. The number of carbonyl (C=O) groups is 2. The fourth-order valence-electron chi connectivity index (χ4n) is 2.55. The highest BCUT2D eigenvalue weighted by Gasteiger charge is 2.30. The van der Waals surface area contributed by atoms with Crippen LogP contribution in [-0.2, 0) is 4.79 Å². The average Bonchev–Trinajstić information content (AvgIpc) is 2.67. The topological polar surface area (TPSA) is 49.4 Å². The zero-order chi connectivity index (χ0) is 14.7. The van der Waals surface area contributed by atoms with Crippen molar-refractivity contribution in [1.82, 2.24) is 5.32 Å². The molecule has 4 heteroatoms. The molecular formula is C17H16N2O2. The lowest BCUT2D eigenvalue weighted by Gasteiger charge is -2.20. The van der Waals surface area contributed by atoms with Crippen molar-refractivity contribution in [3.8, 4) is 0 Å². The van der Waals surface area contributed by atoms with Crippen LogP contribution in [0.1, 0.15) is 24.4 Å². The fraction of sp³-hybridized carbons (Fsp3) is 0.176. The number of nitrogens with zero attached hydrogens (tertiary/aromatic N) is 1. The molecular weight excluding hydrogens is 264 g/mol. The van der Waals surface area contributed by atoms with Crippen LogP contribution in [0.5, 0.6) is 0 Å². The number of carbonyl (C=O) groups excluding carboxylic acids is 2. The van der Waals surface area contributed by atoms with E-state index in [9.17, 15) is 9.59 Å². The molecule has 0 spiro atoms. The van der Waals surface area contributed by atoms with Gasteiger partial charge in [-0.05, 0) is 24.1 Å². The van der Waals surface area contributed by atoms with Gasteiger partial charge in [0.05, 0.1) is 11.7 Å². The minimum absolute atomic E-state index is 0.128. The molecule has 1 fully saturated rings. The minimum Gasteiger partial charge on any atom is -0.330 e. The predicted octanol–water partition coefficient (Wildman–Crippen LogP) is 3.26. The van der Waals surface area contributed by atoms with Gasteiger partial charge in [0.2, 0.25) is 5.91 Å². The molecule has 3 rings (SSSR count). The number of benzene rings is 2. The maximum absolute atomic E-state index is 12.4. The molecule has 4 nitrogen and oxygen atoms in total. The number of rotatable bonds is 2. The molecule has 2 aromatic rings. The van der Waals surface area contributed by atoms with Crippen molar-refractivity contribution >= 4 is 17.6 Å². The van der Waals surface area contributed by atoms with Crippen LogP contribution >= 0.6 is 0 Å². The monoisotopic (exact) mass is 280 g/mol. The second kappa shape index (κ2) is 5.79. The average molecular weight is 280 g/mol. The Labute approximate surface area is 123 Å². The molecule has 1 N–H and O–H groups in total. The fourth-order valence-corrected chi connectivity index (χ4v) is 2.55. The number of urea groups is 1. The molecule has 0 bridgehead atoms. The highest BCUT2D eigenvalue weighted by Crippen LogP contribution is 2.25. The van der Waals surface area contributed by atoms with Crippen LogP contribution in [-0.4, -0.2) is 11.9 Å². The lowest BCUT2D eigenvalue weighted by atomic mass is 10.0. The van der Waals surface area contributed by atoms with Crippen molar-refractivity contribution in [2.75, 3.05) is 4.90 Å². The second-order valence-electron chi connectivity index (χ2n) is 5.02. The Kier molecular flexibility index (Phi) is 3.69. The van der Waals surface area contributed by atoms with E-state index in [4.69, 9.17) is 0 Å². The Morgan fingerprint density at radius 2 is 1.52 bits per heavy atom. The van der Waals surface area contributed by atoms with Gasteiger partial charge in [0.25, 0.3) is 0 Å². The number of hydrogen-bond acceptors (Lipinski definition) is 2. The summed E-state index contributed by atoms with van der Waals surface area (Å²) in [6.45, 7) is 0. The van der Waals surface area contributed by atoms with Crippen molar-refractivity contribution in [1.29, 1.82) is 0 Å². The van der Waals surface area contributed by atoms with E-state index in [1.165, 1.54) is 4.90 Å². The molecule has 3 amide bonds. The maximum atomic E-state index is 12.4. The Hall–Kier alpha value is -2.62. The SMILES string of the molecule is O=C1CCC(c2ccccc2)NC(=O)N1c1ccccc1. The van der Waals surface area contributed by atoms with E-state index in [-0.39, 0.29) is 18.0 Å². The molecule has 0 aliphatic carbocycles. The van der Waals surface area contributed by atoms with Crippen molar-refractivity contribution in [3.05, 3.63) is 66.2 Å². The molecule has 1 aliphatic rings. The number of amides is 3. The van der Waals surface area contributed by atoms with Gasteiger partial charge >= 0.3 is 6.03 Å². The van der Waals surface area contributed by atoms with Crippen molar-refractivity contribution in [2.45, 2.75) is 18.9 Å². The van der Waals surface area contributed by atoms with Crippen LogP contribution in [0.15, 0.2) is 60.7 Å². The molecule has 2 aromatic carbocycles. The molecule has 1 heterocycles. The standard InChI is InChI=1S/C17H16N2O2/c20-16-12-11-15(13-7-3-1-4-8-13)18-17(21)19(16)14-9-5-2-6-10-14/h1-10,15H,11-12H2,(H,18,21). The third kappa shape index (κ3) is 2.79. The third-order valence-electron chi connectivity index (χ3n) is 3.61. The molecule has 0 saturated carbocycles. The third-order valence-corrected chi connectivity index (χ3v) is 3.61. The number of nitrogens with one attached hydrogen (secondary N) is 1. The number of hydrogen-bond donors (Lipinski definition) is 1. The van der Waals surface area contributed by atoms with Gasteiger partial charge in [-0.15, -0.1) is 0 Å². The van der Waals surface area contributed by atoms with Gasteiger partial charge in [-0.25, -0.2) is 9.69 Å². The molecule has 106 valence electrons. The zero-order valence-corrected chi connectivity index (χ0v) is 11.5. The van der Waals surface area contributed by atoms with Gasteiger partial charge in [0.15, 0.2) is 0 Å². The summed E-state index contributed by atoms with van der Waals surface area (Å²) >= 11 is 0. The smallest absolute Gasteiger partial charge is 0.329 e. The molecule has 1 saturated heterocycles. The van der Waals surface area contributed by atoms with E-state index in [1.807, 2.05) is 48.5 Å². The summed E-state index contributed by atoms with van der Waals surface area (Å²) in [5.41, 5.74) is 1.63. The second-order valence-corrected chi connectivity index (χ2v) is 5.02. The van der Waals surface area contributed by atoms with Crippen LogP contribution in [0.2, 0.25) is 0 Å². The van der Waals surface area contributed by atoms with Gasteiger partial charge in [-0.3, -0.25) is 4.79 Å². The summed E-state index contributed by atoms with van der Waals surface area (Å²) in [6, 6.07) is 18.3. The lowest BCUT2D eigenvalue weighted by molar-refractivity contribution is -0.117. The maximum Gasteiger partial charge on any atom is 0.329 e. The molecule has 0 radical (unpaired) electrons. The van der Waals surface area contributed by atoms with Gasteiger partial charge < -0.3 is 5.32 Å². The summed E-state index contributed by atoms with van der Waals surface area (Å²) in [5, 5.41) is 2.94. The highest BCUT2D eigenvalue weighted by molar-refractivity contribution is 6.14. The van der Waals surface area contributed by atoms with E-state index in [0.29, 0.717) is 18.5 Å². The summed E-state index contributed by atoms with van der Waals surface area (Å²) in [6.07, 6.45) is 0.950. The lowest BCUT2D eigenvalue weighted by Crippen LogP contribution is -2.42. The molecule has 1 unspecified atom stereocenters. The Morgan fingerprint density at radius 3 is 2.19 bits per heavy atom. The van der Waals surface area contributed by atoms with E-state index in [2.05, 4.69) is 5.32 Å². The van der Waals surface area contributed by atoms with Gasteiger partial charge in [-0.2, -0.15) is 0 Å². The molecule has 1 aliphatic heterocycles. The van der Waals surface area contributed by atoms with E-state index in [0.717, 1.165) is 5.56 Å². The molecule has 1 atom stereocenters.